The van der Waals surface area contributed by atoms with Crippen LogP contribution in [0.4, 0.5) is 4.79 Å². The first kappa shape index (κ1) is 24.8. The van der Waals surface area contributed by atoms with E-state index in [4.69, 9.17) is 20.5 Å². The van der Waals surface area contributed by atoms with Crippen LogP contribution in [0.1, 0.15) is 18.1 Å². The molecule has 1 aliphatic rings. The van der Waals surface area contributed by atoms with E-state index < -0.39 is 21.3 Å². The standard InChI is InChI=1S/C25H20ClNO6S2/c1-2-32-22-14-17(12-13-21(22)33-35(30,31)19-9-4-3-5-10-19)15-23-24(28)27(25(29)34-23)16-18-8-6-7-11-20(18)26/h3-15H,2,16H2,1H3/b23-15-. The van der Waals surface area contributed by atoms with E-state index in [9.17, 15) is 18.0 Å². The molecule has 7 nitrogen and oxygen atoms in total. The average Bonchev–Trinajstić information content (AvgIpc) is 3.10. The summed E-state index contributed by atoms with van der Waals surface area (Å²) >= 11 is 6.99. The smallest absolute Gasteiger partial charge is 0.339 e. The summed E-state index contributed by atoms with van der Waals surface area (Å²) in [6.45, 7) is 2.08. The quantitative estimate of drug-likeness (QED) is 0.271. The van der Waals surface area contributed by atoms with Crippen LogP contribution < -0.4 is 8.92 Å². The lowest BCUT2D eigenvalue weighted by Crippen LogP contribution is -2.27. The van der Waals surface area contributed by atoms with Gasteiger partial charge in [-0.3, -0.25) is 14.5 Å². The molecule has 2 amide bonds. The van der Waals surface area contributed by atoms with E-state index in [1.165, 1.54) is 18.2 Å². The number of amides is 2. The lowest BCUT2D eigenvalue weighted by atomic mass is 10.1. The summed E-state index contributed by atoms with van der Waals surface area (Å²) in [6.07, 6.45) is 1.55. The predicted octanol–water partition coefficient (Wildman–Crippen LogP) is 5.74. The molecule has 3 aromatic rings. The maximum Gasteiger partial charge on any atom is 0.339 e. The Kier molecular flexibility index (Phi) is 7.49. The van der Waals surface area contributed by atoms with Crippen LogP contribution in [0.5, 0.6) is 11.5 Å². The first-order valence-electron chi connectivity index (χ1n) is 10.5. The third-order valence-corrected chi connectivity index (χ3v) is 7.48. The number of thioether (sulfide) groups is 1. The van der Waals surface area contributed by atoms with Crippen molar-refractivity contribution < 1.29 is 26.9 Å². The topological polar surface area (TPSA) is 90.0 Å². The minimum Gasteiger partial charge on any atom is -0.490 e. The van der Waals surface area contributed by atoms with E-state index in [1.54, 1.807) is 67.6 Å². The second-order valence-corrected chi connectivity index (χ2v) is 10.3. The van der Waals surface area contributed by atoms with Gasteiger partial charge >= 0.3 is 10.1 Å². The number of carbonyl (C=O) groups excluding carboxylic acids is 2. The summed E-state index contributed by atoms with van der Waals surface area (Å²) in [5, 5.41) is 0.0676. The van der Waals surface area contributed by atoms with Crippen molar-refractivity contribution in [1.82, 2.24) is 4.90 Å². The van der Waals surface area contributed by atoms with Crippen molar-refractivity contribution in [3.05, 3.63) is 93.9 Å². The summed E-state index contributed by atoms with van der Waals surface area (Å²) in [6, 6.07) is 19.4. The van der Waals surface area contributed by atoms with E-state index in [0.717, 1.165) is 16.7 Å². The fourth-order valence-electron chi connectivity index (χ4n) is 3.29. The largest absolute Gasteiger partial charge is 0.490 e. The molecule has 10 heteroatoms. The summed E-state index contributed by atoms with van der Waals surface area (Å²) in [5.74, 6) is -0.236. The molecule has 3 aromatic carbocycles. The highest BCUT2D eigenvalue weighted by Crippen LogP contribution is 2.36. The van der Waals surface area contributed by atoms with Gasteiger partial charge in [0.25, 0.3) is 11.1 Å². The molecule has 0 radical (unpaired) electrons. The number of carbonyl (C=O) groups is 2. The molecule has 0 bridgehead atoms. The van der Waals surface area contributed by atoms with Crippen molar-refractivity contribution in [2.24, 2.45) is 0 Å². The molecule has 0 saturated carbocycles. The first-order valence-corrected chi connectivity index (χ1v) is 13.1. The minimum atomic E-state index is -4.06. The molecule has 4 rings (SSSR count). The Hall–Kier alpha value is -3.27. The molecular formula is C25H20ClNO6S2. The highest BCUT2D eigenvalue weighted by Gasteiger charge is 2.35. The molecule has 0 spiro atoms. The highest BCUT2D eigenvalue weighted by atomic mass is 35.5. The zero-order valence-corrected chi connectivity index (χ0v) is 20.9. The van der Waals surface area contributed by atoms with Crippen molar-refractivity contribution in [1.29, 1.82) is 0 Å². The number of benzene rings is 3. The third kappa shape index (κ3) is 5.70. The second kappa shape index (κ2) is 10.6. The molecule has 1 fully saturated rings. The van der Waals surface area contributed by atoms with Gasteiger partial charge in [0.1, 0.15) is 4.90 Å². The molecule has 180 valence electrons. The molecular weight excluding hydrogens is 510 g/mol. The maximum absolute atomic E-state index is 12.9. The van der Waals surface area contributed by atoms with Gasteiger partial charge in [0.15, 0.2) is 11.5 Å². The molecule has 0 aliphatic carbocycles. The van der Waals surface area contributed by atoms with E-state index in [-0.39, 0.29) is 34.5 Å². The van der Waals surface area contributed by atoms with Crippen LogP contribution in [0.3, 0.4) is 0 Å². The molecule has 0 atom stereocenters. The van der Waals surface area contributed by atoms with Gasteiger partial charge in [-0.15, -0.1) is 0 Å². The fraction of sp³-hybridized carbons (Fsp3) is 0.120. The fourth-order valence-corrected chi connectivity index (χ4v) is 5.28. The van der Waals surface area contributed by atoms with Gasteiger partial charge in [0, 0.05) is 5.02 Å². The predicted molar refractivity (Wildman–Crippen MR) is 135 cm³/mol. The van der Waals surface area contributed by atoms with Gasteiger partial charge in [0.2, 0.25) is 0 Å². The zero-order valence-electron chi connectivity index (χ0n) is 18.5. The van der Waals surface area contributed by atoms with Crippen molar-refractivity contribution in [3.63, 3.8) is 0 Å². The molecule has 1 heterocycles. The number of rotatable bonds is 8. The Bertz CT molecular complexity index is 1410. The Balaban J connectivity index is 1.58. The van der Waals surface area contributed by atoms with Crippen molar-refractivity contribution in [2.45, 2.75) is 18.4 Å². The SMILES string of the molecule is CCOc1cc(/C=C2\SC(=O)N(Cc3ccccc3Cl)C2=O)ccc1OS(=O)(=O)c1ccccc1. The first-order chi connectivity index (χ1) is 16.8. The number of hydrogen-bond donors (Lipinski definition) is 0. The number of nitrogens with zero attached hydrogens (tertiary/aromatic N) is 1. The van der Waals surface area contributed by atoms with Crippen molar-refractivity contribution in [3.8, 4) is 11.5 Å². The molecule has 0 aromatic heterocycles. The molecule has 1 saturated heterocycles. The van der Waals surface area contributed by atoms with Crippen LogP contribution in [-0.2, 0) is 21.5 Å². The molecule has 35 heavy (non-hydrogen) atoms. The lowest BCUT2D eigenvalue weighted by molar-refractivity contribution is -0.123. The van der Waals surface area contributed by atoms with Crippen LogP contribution in [-0.4, -0.2) is 31.1 Å². The summed E-state index contributed by atoms with van der Waals surface area (Å²) in [5.41, 5.74) is 1.21. The van der Waals surface area contributed by atoms with E-state index in [1.807, 2.05) is 0 Å². The number of halogens is 1. The summed E-state index contributed by atoms with van der Waals surface area (Å²) in [4.78, 5) is 26.8. The molecule has 0 N–H and O–H groups in total. The van der Waals surface area contributed by atoms with Gasteiger partial charge in [0.05, 0.1) is 18.1 Å². The number of ether oxygens (including phenoxy) is 1. The van der Waals surface area contributed by atoms with Crippen LogP contribution >= 0.6 is 23.4 Å². The van der Waals surface area contributed by atoms with Gasteiger partial charge in [-0.2, -0.15) is 8.42 Å². The van der Waals surface area contributed by atoms with E-state index in [0.29, 0.717) is 16.1 Å². The highest BCUT2D eigenvalue weighted by molar-refractivity contribution is 8.18. The third-order valence-electron chi connectivity index (χ3n) is 4.96. The maximum atomic E-state index is 12.9. The van der Waals surface area contributed by atoms with Crippen molar-refractivity contribution >= 4 is 50.7 Å². The molecule has 0 unspecified atom stereocenters. The number of imide groups is 1. The Morgan fingerprint density at radius 2 is 1.69 bits per heavy atom. The zero-order chi connectivity index (χ0) is 25.0. The summed E-state index contributed by atoms with van der Waals surface area (Å²) in [7, 11) is -4.06. The van der Waals surface area contributed by atoms with Crippen LogP contribution in [0, 0.1) is 0 Å². The van der Waals surface area contributed by atoms with Crippen LogP contribution in [0.15, 0.2) is 82.6 Å². The Morgan fingerprint density at radius 3 is 2.40 bits per heavy atom. The van der Waals surface area contributed by atoms with Gasteiger partial charge in [-0.05, 0) is 66.2 Å². The van der Waals surface area contributed by atoms with Gasteiger partial charge in [-0.1, -0.05) is 54.1 Å². The average molecular weight is 530 g/mol. The van der Waals surface area contributed by atoms with E-state index >= 15 is 0 Å². The molecule has 1 aliphatic heterocycles. The normalized spacial score (nSPS) is 15.0. The summed E-state index contributed by atoms with van der Waals surface area (Å²) < 4.78 is 36.1. The van der Waals surface area contributed by atoms with E-state index in [2.05, 4.69) is 0 Å². The lowest BCUT2D eigenvalue weighted by Gasteiger charge is -2.13. The van der Waals surface area contributed by atoms with Crippen LogP contribution in [0.2, 0.25) is 5.02 Å². The van der Waals surface area contributed by atoms with Gasteiger partial charge in [-0.25, -0.2) is 0 Å². The van der Waals surface area contributed by atoms with Crippen molar-refractivity contribution in [2.75, 3.05) is 6.61 Å². The Labute approximate surface area is 212 Å². The van der Waals surface area contributed by atoms with Crippen LogP contribution in [0.25, 0.3) is 6.08 Å². The Morgan fingerprint density at radius 1 is 0.971 bits per heavy atom. The monoisotopic (exact) mass is 529 g/mol. The van der Waals surface area contributed by atoms with Gasteiger partial charge < -0.3 is 8.92 Å². The second-order valence-electron chi connectivity index (χ2n) is 7.35. The minimum absolute atomic E-state index is 0.0127. The number of hydrogen-bond acceptors (Lipinski definition) is 7.